The van der Waals surface area contributed by atoms with E-state index in [4.69, 9.17) is 0 Å². The molecule has 0 nitrogen and oxygen atoms in total. The summed E-state index contributed by atoms with van der Waals surface area (Å²) >= 11 is 0. The van der Waals surface area contributed by atoms with Gasteiger partial charge < -0.3 is 0 Å². The lowest BCUT2D eigenvalue weighted by atomic mass is 10.2. The van der Waals surface area contributed by atoms with Crippen LogP contribution in [-0.4, -0.2) is 0 Å². The Morgan fingerprint density at radius 1 is 1.25 bits per heavy atom. The first-order valence-corrected chi connectivity index (χ1v) is 2.51. The van der Waals surface area contributed by atoms with Crippen LogP contribution in [0.3, 0.4) is 0 Å². The van der Waals surface area contributed by atoms with E-state index < -0.39 is 0 Å². The van der Waals surface area contributed by atoms with Gasteiger partial charge in [-0.2, -0.15) is 0 Å². The standard InChI is InChI=1S/C7H7F.H2/c1-6-2-4-7(8)5-3-6;/h2-5H,1H3;1H. The zero-order valence-corrected chi connectivity index (χ0v) is 4.69. The predicted molar refractivity (Wildman–Crippen MR) is 33.3 cm³/mol. The second-order valence-electron chi connectivity index (χ2n) is 1.80. The highest BCUT2D eigenvalue weighted by atomic mass is 19.1. The molecule has 0 aliphatic heterocycles. The van der Waals surface area contributed by atoms with Crippen LogP contribution in [0.15, 0.2) is 24.3 Å². The fraction of sp³-hybridized carbons (Fsp3) is 0.143. The monoisotopic (exact) mass is 112 g/mol. The molecule has 1 aromatic rings. The molecule has 0 unspecified atom stereocenters. The molecule has 0 spiro atoms. The Hall–Kier alpha value is -0.850. The van der Waals surface area contributed by atoms with E-state index in [1.54, 1.807) is 12.1 Å². The highest BCUT2D eigenvalue weighted by Crippen LogP contribution is 1.98. The van der Waals surface area contributed by atoms with Gasteiger partial charge in [-0.15, -0.1) is 0 Å². The molecule has 0 aliphatic rings. The van der Waals surface area contributed by atoms with Crippen molar-refractivity contribution in [2.24, 2.45) is 0 Å². The van der Waals surface area contributed by atoms with Crippen LogP contribution < -0.4 is 0 Å². The summed E-state index contributed by atoms with van der Waals surface area (Å²) in [4.78, 5) is 0. The fourth-order valence-electron chi connectivity index (χ4n) is 0.533. The maximum absolute atomic E-state index is 12.1. The average molecular weight is 112 g/mol. The number of aryl methyl sites for hydroxylation is 1. The smallest absolute Gasteiger partial charge is 0.123 e. The first kappa shape index (κ1) is 5.29. The van der Waals surface area contributed by atoms with E-state index in [0.717, 1.165) is 5.56 Å². The van der Waals surface area contributed by atoms with Crippen molar-refractivity contribution in [3.63, 3.8) is 0 Å². The first-order valence-electron chi connectivity index (χ1n) is 2.51. The molecule has 0 aromatic heterocycles. The summed E-state index contributed by atoms with van der Waals surface area (Å²) in [6.07, 6.45) is 0. The van der Waals surface area contributed by atoms with Gasteiger partial charge in [0.15, 0.2) is 0 Å². The van der Waals surface area contributed by atoms with Gasteiger partial charge in [-0.1, -0.05) is 17.7 Å². The molecule has 0 saturated carbocycles. The van der Waals surface area contributed by atoms with Crippen molar-refractivity contribution in [1.29, 1.82) is 0 Å². The topological polar surface area (TPSA) is 0 Å². The summed E-state index contributed by atoms with van der Waals surface area (Å²) in [6.45, 7) is 1.93. The molecule has 0 atom stereocenters. The minimum atomic E-state index is -0.171. The summed E-state index contributed by atoms with van der Waals surface area (Å²) in [5.74, 6) is -0.171. The van der Waals surface area contributed by atoms with Crippen LogP contribution in [0.1, 0.15) is 6.99 Å². The van der Waals surface area contributed by atoms with Gasteiger partial charge in [-0.25, -0.2) is 4.39 Å². The normalized spacial score (nSPS) is 9.25. The van der Waals surface area contributed by atoms with E-state index >= 15 is 0 Å². The molecule has 0 radical (unpaired) electrons. The van der Waals surface area contributed by atoms with Crippen molar-refractivity contribution < 1.29 is 5.82 Å². The summed E-state index contributed by atoms with van der Waals surface area (Å²) in [5, 5.41) is 0. The number of benzene rings is 1. The summed E-state index contributed by atoms with van der Waals surface area (Å²) in [5.41, 5.74) is 1.09. The Balaban J connectivity index is 0.000000640. The van der Waals surface area contributed by atoms with Gasteiger partial charge in [0.05, 0.1) is 0 Å². The van der Waals surface area contributed by atoms with Crippen molar-refractivity contribution in [1.82, 2.24) is 0 Å². The third-order valence-corrected chi connectivity index (χ3v) is 1.01. The molecule has 8 heavy (non-hydrogen) atoms. The number of rotatable bonds is 0. The highest BCUT2D eigenvalue weighted by molar-refractivity contribution is 5.13. The van der Waals surface area contributed by atoms with E-state index in [2.05, 4.69) is 0 Å². The lowest BCUT2D eigenvalue weighted by Gasteiger charge is -1.87. The van der Waals surface area contributed by atoms with E-state index in [-0.39, 0.29) is 7.24 Å². The van der Waals surface area contributed by atoms with Gasteiger partial charge in [0, 0.05) is 1.43 Å². The van der Waals surface area contributed by atoms with Gasteiger partial charge in [-0.3, -0.25) is 0 Å². The molecule has 0 amide bonds. The van der Waals surface area contributed by atoms with Crippen LogP contribution >= 0.6 is 0 Å². The lowest BCUT2D eigenvalue weighted by molar-refractivity contribution is 0.627. The average Bonchev–Trinajstić information content (AvgIpc) is 1.77. The SMILES string of the molecule is Cc1ccc(F)cc1.[HH]. The van der Waals surface area contributed by atoms with Crippen LogP contribution in [0.4, 0.5) is 4.39 Å². The zero-order valence-electron chi connectivity index (χ0n) is 4.69. The zero-order chi connectivity index (χ0) is 5.98. The number of hydrogen-bond acceptors (Lipinski definition) is 0. The van der Waals surface area contributed by atoms with E-state index in [1.807, 2.05) is 6.92 Å². The molecular weight excluding hydrogens is 103 g/mol. The Kier molecular flexibility index (Phi) is 1.29. The van der Waals surface area contributed by atoms with Crippen LogP contribution in [0, 0.1) is 12.7 Å². The van der Waals surface area contributed by atoms with Crippen molar-refractivity contribution in [2.75, 3.05) is 0 Å². The summed E-state index contributed by atoms with van der Waals surface area (Å²) in [6, 6.07) is 6.40. The second kappa shape index (κ2) is 1.95. The Morgan fingerprint density at radius 2 is 1.75 bits per heavy atom. The summed E-state index contributed by atoms with van der Waals surface area (Å²) < 4.78 is 12.1. The first-order chi connectivity index (χ1) is 3.79. The molecule has 0 aliphatic carbocycles. The molecule has 0 fully saturated rings. The molecule has 1 aromatic carbocycles. The van der Waals surface area contributed by atoms with E-state index in [0.29, 0.717) is 0 Å². The van der Waals surface area contributed by atoms with Crippen molar-refractivity contribution in [3.8, 4) is 0 Å². The minimum Gasteiger partial charge on any atom is -0.207 e. The quantitative estimate of drug-likeness (QED) is 0.483. The molecule has 1 heteroatoms. The minimum absolute atomic E-state index is 0. The Morgan fingerprint density at radius 3 is 2.12 bits per heavy atom. The largest absolute Gasteiger partial charge is 0.207 e. The van der Waals surface area contributed by atoms with Crippen LogP contribution in [-0.2, 0) is 0 Å². The van der Waals surface area contributed by atoms with Crippen molar-refractivity contribution in [2.45, 2.75) is 6.92 Å². The third-order valence-electron chi connectivity index (χ3n) is 1.01. The Bertz CT molecular complexity index is 148. The summed E-state index contributed by atoms with van der Waals surface area (Å²) in [7, 11) is 0. The maximum atomic E-state index is 12.1. The van der Waals surface area contributed by atoms with Crippen LogP contribution in [0.5, 0.6) is 0 Å². The van der Waals surface area contributed by atoms with Crippen molar-refractivity contribution in [3.05, 3.63) is 35.6 Å². The second-order valence-corrected chi connectivity index (χ2v) is 1.80. The molecule has 0 heterocycles. The van der Waals surface area contributed by atoms with Crippen LogP contribution in [0.2, 0.25) is 0 Å². The van der Waals surface area contributed by atoms with Gasteiger partial charge in [0.1, 0.15) is 5.82 Å². The highest BCUT2D eigenvalue weighted by Gasteiger charge is 1.83. The predicted octanol–water partition coefficient (Wildman–Crippen LogP) is 2.38. The molecule has 44 valence electrons. The fourth-order valence-corrected chi connectivity index (χ4v) is 0.533. The van der Waals surface area contributed by atoms with Crippen LogP contribution in [0.25, 0.3) is 0 Å². The van der Waals surface area contributed by atoms with Gasteiger partial charge in [0.2, 0.25) is 0 Å². The molecule has 1 rings (SSSR count). The van der Waals surface area contributed by atoms with Gasteiger partial charge >= 0.3 is 0 Å². The maximum Gasteiger partial charge on any atom is 0.123 e. The number of halogens is 1. The lowest BCUT2D eigenvalue weighted by Crippen LogP contribution is -1.71. The number of hydrogen-bond donors (Lipinski definition) is 0. The molecule has 0 N–H and O–H groups in total. The molecule has 0 saturated heterocycles. The Labute approximate surface area is 49.4 Å². The third kappa shape index (κ3) is 1.06. The van der Waals surface area contributed by atoms with E-state index in [9.17, 15) is 4.39 Å². The van der Waals surface area contributed by atoms with E-state index in [1.165, 1.54) is 12.1 Å². The molecular formula is C7H9F. The molecule has 0 bridgehead atoms. The van der Waals surface area contributed by atoms with Gasteiger partial charge in [0.25, 0.3) is 0 Å². The van der Waals surface area contributed by atoms with Crippen molar-refractivity contribution >= 4 is 0 Å². The van der Waals surface area contributed by atoms with Gasteiger partial charge in [-0.05, 0) is 19.1 Å².